The van der Waals surface area contributed by atoms with Gasteiger partial charge in [-0.05, 0) is 12.1 Å². The molecule has 8 heteroatoms. The van der Waals surface area contributed by atoms with Crippen LogP contribution in [0.4, 0.5) is 8.78 Å². The Morgan fingerprint density at radius 3 is 2.24 bits per heavy atom. The minimum Gasteiger partial charge on any atom is -0.482 e. The summed E-state index contributed by atoms with van der Waals surface area (Å²) in [5, 5.41) is 0. The van der Waals surface area contributed by atoms with Crippen LogP contribution in [0.2, 0.25) is 0 Å². The lowest BCUT2D eigenvalue weighted by Gasteiger charge is -2.08. The van der Waals surface area contributed by atoms with E-state index in [9.17, 15) is 17.2 Å². The number of halogens is 4. The molecule has 0 fully saturated rings. The van der Waals surface area contributed by atoms with E-state index in [4.69, 9.17) is 15.4 Å². The minimum absolute atomic E-state index is 0.152. The van der Waals surface area contributed by atoms with Crippen LogP contribution in [0.5, 0.6) is 5.75 Å². The summed E-state index contributed by atoms with van der Waals surface area (Å²) in [4.78, 5) is -0.667. The summed E-state index contributed by atoms with van der Waals surface area (Å²) in [6, 6.07) is 1.16. The highest BCUT2D eigenvalue weighted by Crippen LogP contribution is 2.27. The van der Waals surface area contributed by atoms with Crippen molar-refractivity contribution in [3.63, 3.8) is 0 Å². The number of hydrogen-bond acceptors (Lipinski definition) is 3. The van der Waals surface area contributed by atoms with Gasteiger partial charge >= 0.3 is 0 Å². The number of benzene rings is 1. The monoisotopic (exact) mass is 346 g/mol. The first-order valence-electron chi connectivity index (χ1n) is 4.11. The Morgan fingerprint density at radius 1 is 1.41 bits per heavy atom. The third-order valence-corrected chi connectivity index (χ3v) is 3.19. The van der Waals surface area contributed by atoms with E-state index in [0.29, 0.717) is 16.6 Å². The highest BCUT2D eigenvalue weighted by molar-refractivity contribution is 9.11. The highest BCUT2D eigenvalue weighted by atomic mass is 79.9. The second-order valence-corrected chi connectivity index (χ2v) is 6.65. The zero-order valence-corrected chi connectivity index (χ0v) is 11.4. The summed E-state index contributed by atoms with van der Waals surface area (Å²) in [5.41, 5.74) is 0. The second-order valence-electron chi connectivity index (χ2n) is 2.96. The van der Waals surface area contributed by atoms with Gasteiger partial charge in [0.05, 0.1) is 4.90 Å². The molecule has 0 unspecified atom stereocenters. The molecule has 0 aliphatic heterocycles. The summed E-state index contributed by atoms with van der Waals surface area (Å²) < 4.78 is 53.6. The Bertz CT molecular complexity index is 536. The van der Waals surface area contributed by atoms with Crippen molar-refractivity contribution in [1.29, 1.82) is 0 Å². The molecule has 1 rings (SSSR count). The molecule has 0 aromatic heterocycles. The Balaban J connectivity index is 3.15. The third kappa shape index (κ3) is 3.93. The largest absolute Gasteiger partial charge is 0.482 e. The van der Waals surface area contributed by atoms with E-state index in [1.165, 1.54) is 0 Å². The van der Waals surface area contributed by atoms with Gasteiger partial charge in [0.15, 0.2) is 17.4 Å². The predicted molar refractivity (Wildman–Crippen MR) is 63.0 cm³/mol. The number of rotatable bonds is 4. The molecular weight excluding hydrogens is 342 g/mol. The van der Waals surface area contributed by atoms with Crippen molar-refractivity contribution in [2.45, 2.75) is 4.90 Å². The maximum atomic E-state index is 13.4. The van der Waals surface area contributed by atoms with Gasteiger partial charge in [-0.25, -0.2) is 17.2 Å². The summed E-state index contributed by atoms with van der Waals surface area (Å²) >= 11 is 2.95. The summed E-state index contributed by atoms with van der Waals surface area (Å²) in [7, 11) is 0.773. The van der Waals surface area contributed by atoms with Crippen LogP contribution in [-0.2, 0) is 9.05 Å². The van der Waals surface area contributed by atoms with Gasteiger partial charge in [0.1, 0.15) is 6.61 Å². The van der Waals surface area contributed by atoms with Gasteiger partial charge in [-0.2, -0.15) is 0 Å². The highest BCUT2D eigenvalue weighted by Gasteiger charge is 2.19. The first kappa shape index (κ1) is 14.4. The molecule has 0 saturated heterocycles. The van der Waals surface area contributed by atoms with Gasteiger partial charge in [-0.15, -0.1) is 0 Å². The Morgan fingerprint density at radius 2 is 1.88 bits per heavy atom. The van der Waals surface area contributed by atoms with Crippen LogP contribution in [-0.4, -0.2) is 15.0 Å². The Labute approximate surface area is 110 Å². The minimum atomic E-state index is -4.19. The average molecular weight is 348 g/mol. The molecule has 0 saturated carbocycles. The van der Waals surface area contributed by atoms with E-state index in [1.54, 1.807) is 0 Å². The molecule has 94 valence electrons. The van der Waals surface area contributed by atoms with Crippen molar-refractivity contribution in [2.75, 3.05) is 6.61 Å². The Hall–Kier alpha value is -0.660. The molecule has 0 amide bonds. The van der Waals surface area contributed by atoms with Crippen molar-refractivity contribution >= 4 is 35.7 Å². The van der Waals surface area contributed by atoms with Crippen molar-refractivity contribution in [2.24, 2.45) is 0 Å². The van der Waals surface area contributed by atoms with Crippen LogP contribution in [0.3, 0.4) is 0 Å². The topological polar surface area (TPSA) is 43.4 Å². The lowest BCUT2D eigenvalue weighted by molar-refractivity contribution is 0.318. The quantitative estimate of drug-likeness (QED) is 0.786. The first-order chi connectivity index (χ1) is 7.71. The number of ether oxygens (including phenoxy) is 1. The van der Waals surface area contributed by atoms with Gasteiger partial charge in [0.2, 0.25) is 0 Å². The maximum absolute atomic E-state index is 13.4. The zero-order valence-electron chi connectivity index (χ0n) is 8.21. The molecule has 3 nitrogen and oxygen atoms in total. The molecule has 0 radical (unpaired) electrons. The second kappa shape index (κ2) is 5.32. The van der Waals surface area contributed by atoms with E-state index in [2.05, 4.69) is 22.5 Å². The summed E-state index contributed by atoms with van der Waals surface area (Å²) in [6.07, 6.45) is 0. The van der Waals surface area contributed by atoms with Crippen molar-refractivity contribution in [3.8, 4) is 5.75 Å². The smallest absolute Gasteiger partial charge is 0.261 e. The average Bonchev–Trinajstić information content (AvgIpc) is 2.14. The zero-order chi connectivity index (χ0) is 13.2. The molecule has 0 heterocycles. The van der Waals surface area contributed by atoms with Crippen LogP contribution < -0.4 is 4.74 Å². The van der Waals surface area contributed by atoms with Crippen LogP contribution in [0.1, 0.15) is 0 Å². The third-order valence-electron chi connectivity index (χ3n) is 1.63. The Kier molecular flexibility index (Phi) is 4.51. The van der Waals surface area contributed by atoms with Crippen LogP contribution in [0, 0.1) is 11.6 Å². The maximum Gasteiger partial charge on any atom is 0.261 e. The molecule has 0 atom stereocenters. The molecule has 0 bridgehead atoms. The van der Waals surface area contributed by atoms with Crippen LogP contribution in [0.25, 0.3) is 0 Å². The van der Waals surface area contributed by atoms with E-state index in [-0.39, 0.29) is 6.61 Å². The van der Waals surface area contributed by atoms with Crippen LogP contribution >= 0.6 is 26.6 Å². The molecule has 1 aromatic rings. The van der Waals surface area contributed by atoms with Crippen molar-refractivity contribution < 1.29 is 21.9 Å². The van der Waals surface area contributed by atoms with E-state index < -0.39 is 31.3 Å². The van der Waals surface area contributed by atoms with Crippen molar-refractivity contribution in [3.05, 3.63) is 34.8 Å². The molecule has 1 aromatic carbocycles. The lowest BCUT2D eigenvalue weighted by atomic mass is 10.3. The summed E-state index contributed by atoms with van der Waals surface area (Å²) in [5.74, 6) is -2.99. The first-order valence-corrected chi connectivity index (χ1v) is 7.22. The van der Waals surface area contributed by atoms with Gasteiger partial charge in [0, 0.05) is 15.2 Å². The van der Waals surface area contributed by atoms with Gasteiger partial charge in [0.25, 0.3) is 9.05 Å². The molecular formula is C9H6BrClF2O3S. The molecule has 0 spiro atoms. The molecule has 0 N–H and O–H groups in total. The van der Waals surface area contributed by atoms with Gasteiger partial charge in [-0.3, -0.25) is 0 Å². The standard InChI is InChI=1S/C9H6BrClF2O3S/c1-5(10)4-16-9-7(12)2-6(3-8(9)13)17(11,14)15/h2-3H,1,4H2. The number of hydrogen-bond donors (Lipinski definition) is 0. The van der Waals surface area contributed by atoms with E-state index in [1.807, 2.05) is 0 Å². The van der Waals surface area contributed by atoms with Gasteiger partial charge in [-0.1, -0.05) is 22.5 Å². The predicted octanol–water partition coefficient (Wildman–Crippen LogP) is 3.18. The fraction of sp³-hybridized carbons (Fsp3) is 0.111. The van der Waals surface area contributed by atoms with Crippen molar-refractivity contribution in [1.82, 2.24) is 0 Å². The fourth-order valence-corrected chi connectivity index (χ4v) is 1.84. The van der Waals surface area contributed by atoms with Crippen LogP contribution in [0.15, 0.2) is 28.1 Å². The molecule has 0 aliphatic carbocycles. The van der Waals surface area contributed by atoms with E-state index >= 15 is 0 Å². The molecule has 0 aliphatic rings. The van der Waals surface area contributed by atoms with E-state index in [0.717, 1.165) is 0 Å². The molecule has 17 heavy (non-hydrogen) atoms. The van der Waals surface area contributed by atoms with Gasteiger partial charge < -0.3 is 4.74 Å². The lowest BCUT2D eigenvalue weighted by Crippen LogP contribution is -2.03. The fourth-order valence-electron chi connectivity index (χ4n) is 0.966. The summed E-state index contributed by atoms with van der Waals surface area (Å²) in [6.45, 7) is 3.26. The normalized spacial score (nSPS) is 11.3. The SMILES string of the molecule is C=C(Br)COc1c(F)cc(S(=O)(=O)Cl)cc1F.